The van der Waals surface area contributed by atoms with E-state index in [0.29, 0.717) is 0 Å². The second kappa shape index (κ2) is 7.54. The molecule has 0 radical (unpaired) electrons. The minimum Gasteiger partial charge on any atom is -0.497 e. The lowest BCUT2D eigenvalue weighted by molar-refractivity contribution is 0.130. The summed E-state index contributed by atoms with van der Waals surface area (Å²) >= 11 is 0. The van der Waals surface area contributed by atoms with E-state index in [4.69, 9.17) is 4.74 Å². The second-order valence-corrected chi connectivity index (χ2v) is 5.61. The van der Waals surface area contributed by atoms with Gasteiger partial charge < -0.3 is 4.74 Å². The number of ether oxygens (including phenoxy) is 1. The number of nitrogens with zero attached hydrogens (tertiary/aromatic N) is 1. The summed E-state index contributed by atoms with van der Waals surface area (Å²) in [4.78, 5) is 2.68. The van der Waals surface area contributed by atoms with E-state index >= 15 is 0 Å². The number of likely N-dealkylation sites (tertiary alicyclic amines) is 1. The van der Waals surface area contributed by atoms with Crippen molar-refractivity contribution in [2.75, 3.05) is 13.7 Å². The lowest BCUT2D eigenvalue weighted by Gasteiger charge is -2.36. The number of piperidine rings is 1. The minimum absolute atomic E-state index is 0.802. The van der Waals surface area contributed by atoms with Crippen LogP contribution in [0.25, 0.3) is 0 Å². The first-order valence-electron chi connectivity index (χ1n) is 7.70. The molecule has 0 saturated carbocycles. The van der Waals surface area contributed by atoms with Crippen LogP contribution in [0, 0.1) is 0 Å². The van der Waals surface area contributed by atoms with Crippen molar-refractivity contribution >= 4 is 0 Å². The van der Waals surface area contributed by atoms with Gasteiger partial charge in [-0.3, -0.25) is 4.90 Å². The number of hydrogen-bond donors (Lipinski definition) is 0. The molecule has 1 aromatic rings. The van der Waals surface area contributed by atoms with E-state index in [1.54, 1.807) is 7.11 Å². The standard InChI is InChI=1S/C17H27NO/c1-3-4-7-16-8-5-6-13-18(16)14-15-9-11-17(19-2)12-10-15/h9-12,16H,3-8,13-14H2,1-2H3. The molecule has 1 saturated heterocycles. The average molecular weight is 261 g/mol. The second-order valence-electron chi connectivity index (χ2n) is 5.61. The highest BCUT2D eigenvalue weighted by Crippen LogP contribution is 2.24. The number of methoxy groups -OCH3 is 1. The number of hydrogen-bond acceptors (Lipinski definition) is 2. The Labute approximate surface area is 117 Å². The van der Waals surface area contributed by atoms with Gasteiger partial charge >= 0.3 is 0 Å². The van der Waals surface area contributed by atoms with Gasteiger partial charge in [-0.05, 0) is 43.5 Å². The highest BCUT2D eigenvalue weighted by atomic mass is 16.5. The molecule has 0 spiro atoms. The molecular weight excluding hydrogens is 234 g/mol. The molecule has 0 aromatic heterocycles. The number of benzene rings is 1. The van der Waals surface area contributed by atoms with Gasteiger partial charge in [0.15, 0.2) is 0 Å². The van der Waals surface area contributed by atoms with Gasteiger partial charge in [-0.2, -0.15) is 0 Å². The molecule has 1 atom stereocenters. The van der Waals surface area contributed by atoms with Crippen LogP contribution in [0.3, 0.4) is 0 Å². The van der Waals surface area contributed by atoms with Crippen molar-refractivity contribution < 1.29 is 4.74 Å². The van der Waals surface area contributed by atoms with Crippen molar-refractivity contribution in [2.24, 2.45) is 0 Å². The molecule has 2 nitrogen and oxygen atoms in total. The van der Waals surface area contributed by atoms with Crippen LogP contribution in [-0.4, -0.2) is 24.6 Å². The molecule has 1 aromatic carbocycles. The third-order valence-electron chi connectivity index (χ3n) is 4.18. The number of rotatable bonds is 6. The summed E-state index contributed by atoms with van der Waals surface area (Å²) in [5.41, 5.74) is 1.41. The SMILES string of the molecule is CCCCC1CCCCN1Cc1ccc(OC)cc1. The molecular formula is C17H27NO. The molecule has 0 bridgehead atoms. The zero-order valence-electron chi connectivity index (χ0n) is 12.4. The Morgan fingerprint density at radius 2 is 2.00 bits per heavy atom. The van der Waals surface area contributed by atoms with Gasteiger partial charge in [0, 0.05) is 12.6 Å². The van der Waals surface area contributed by atoms with Crippen LogP contribution >= 0.6 is 0 Å². The first-order valence-corrected chi connectivity index (χ1v) is 7.70. The van der Waals surface area contributed by atoms with Gasteiger partial charge in [0.05, 0.1) is 7.11 Å². The van der Waals surface area contributed by atoms with Gasteiger partial charge in [0.1, 0.15) is 5.75 Å². The van der Waals surface area contributed by atoms with Crippen molar-refractivity contribution in [3.63, 3.8) is 0 Å². The molecule has 19 heavy (non-hydrogen) atoms. The van der Waals surface area contributed by atoms with Crippen LogP contribution in [0.5, 0.6) is 5.75 Å². The summed E-state index contributed by atoms with van der Waals surface area (Å²) in [5.74, 6) is 0.949. The molecule has 0 amide bonds. The van der Waals surface area contributed by atoms with E-state index in [-0.39, 0.29) is 0 Å². The predicted octanol–water partition coefficient (Wildman–Crippen LogP) is 4.24. The summed E-state index contributed by atoms with van der Waals surface area (Å²) in [6, 6.07) is 9.34. The van der Waals surface area contributed by atoms with Crippen LogP contribution in [0.4, 0.5) is 0 Å². The van der Waals surface area contributed by atoms with Crippen molar-refractivity contribution in [1.29, 1.82) is 0 Å². The topological polar surface area (TPSA) is 12.5 Å². The van der Waals surface area contributed by atoms with E-state index in [1.807, 2.05) is 0 Å². The summed E-state index contributed by atoms with van der Waals surface area (Å²) in [7, 11) is 1.72. The fraction of sp³-hybridized carbons (Fsp3) is 0.647. The van der Waals surface area contributed by atoms with Crippen LogP contribution in [-0.2, 0) is 6.54 Å². The van der Waals surface area contributed by atoms with Crippen molar-refractivity contribution in [1.82, 2.24) is 4.90 Å². The van der Waals surface area contributed by atoms with Crippen molar-refractivity contribution in [2.45, 2.75) is 58.0 Å². The highest BCUT2D eigenvalue weighted by Gasteiger charge is 2.21. The summed E-state index contributed by atoms with van der Waals surface area (Å²) in [6.07, 6.45) is 8.20. The normalized spacial score (nSPS) is 20.4. The summed E-state index contributed by atoms with van der Waals surface area (Å²) in [6.45, 7) is 4.65. The Morgan fingerprint density at radius 1 is 1.21 bits per heavy atom. The van der Waals surface area contributed by atoms with Gasteiger partial charge in [-0.1, -0.05) is 38.3 Å². The largest absolute Gasteiger partial charge is 0.497 e. The van der Waals surface area contributed by atoms with Crippen LogP contribution in [0.2, 0.25) is 0 Å². The lowest BCUT2D eigenvalue weighted by Crippen LogP contribution is -2.38. The monoisotopic (exact) mass is 261 g/mol. The molecule has 2 rings (SSSR count). The van der Waals surface area contributed by atoms with E-state index in [0.717, 1.165) is 18.3 Å². The smallest absolute Gasteiger partial charge is 0.118 e. The molecule has 1 aliphatic rings. The quantitative estimate of drug-likeness (QED) is 0.759. The fourth-order valence-electron chi connectivity index (χ4n) is 3.00. The maximum absolute atomic E-state index is 5.22. The molecule has 106 valence electrons. The Kier molecular flexibility index (Phi) is 5.71. The molecule has 0 N–H and O–H groups in total. The Bertz CT molecular complexity index is 360. The van der Waals surface area contributed by atoms with E-state index in [9.17, 15) is 0 Å². The Balaban J connectivity index is 1.93. The number of unbranched alkanes of at least 4 members (excludes halogenated alkanes) is 1. The Hall–Kier alpha value is -1.02. The first kappa shape index (κ1) is 14.4. The summed E-state index contributed by atoms with van der Waals surface area (Å²) < 4.78 is 5.22. The zero-order valence-corrected chi connectivity index (χ0v) is 12.4. The molecule has 1 unspecified atom stereocenters. The van der Waals surface area contributed by atoms with Crippen molar-refractivity contribution in [3.05, 3.63) is 29.8 Å². The Morgan fingerprint density at radius 3 is 2.68 bits per heavy atom. The van der Waals surface area contributed by atoms with Crippen molar-refractivity contribution in [3.8, 4) is 5.75 Å². The van der Waals surface area contributed by atoms with Crippen LogP contribution in [0.1, 0.15) is 51.0 Å². The lowest BCUT2D eigenvalue weighted by atomic mass is 9.96. The first-order chi connectivity index (χ1) is 9.33. The zero-order chi connectivity index (χ0) is 13.5. The summed E-state index contributed by atoms with van der Waals surface area (Å²) in [5, 5.41) is 0. The van der Waals surface area contributed by atoms with E-state index in [2.05, 4.69) is 36.1 Å². The van der Waals surface area contributed by atoms with E-state index in [1.165, 1.54) is 50.6 Å². The molecule has 1 heterocycles. The molecule has 1 aliphatic heterocycles. The van der Waals surface area contributed by atoms with Gasteiger partial charge in [-0.15, -0.1) is 0 Å². The fourth-order valence-corrected chi connectivity index (χ4v) is 3.00. The average Bonchev–Trinajstić information content (AvgIpc) is 2.47. The van der Waals surface area contributed by atoms with Crippen LogP contribution < -0.4 is 4.74 Å². The van der Waals surface area contributed by atoms with Crippen LogP contribution in [0.15, 0.2) is 24.3 Å². The molecule has 2 heteroatoms. The predicted molar refractivity (Wildman–Crippen MR) is 80.6 cm³/mol. The van der Waals surface area contributed by atoms with Gasteiger partial charge in [-0.25, -0.2) is 0 Å². The third kappa shape index (κ3) is 4.24. The van der Waals surface area contributed by atoms with E-state index < -0.39 is 0 Å². The maximum atomic E-state index is 5.22. The van der Waals surface area contributed by atoms with Gasteiger partial charge in [0.2, 0.25) is 0 Å². The molecule has 0 aliphatic carbocycles. The molecule has 1 fully saturated rings. The maximum Gasteiger partial charge on any atom is 0.118 e. The third-order valence-corrected chi connectivity index (χ3v) is 4.18. The van der Waals surface area contributed by atoms with Gasteiger partial charge in [0.25, 0.3) is 0 Å². The minimum atomic E-state index is 0.802. The highest BCUT2D eigenvalue weighted by molar-refractivity contribution is 5.27.